The lowest BCUT2D eigenvalue weighted by Crippen LogP contribution is -2.47. The first-order valence-electron chi connectivity index (χ1n) is 9.14. The smallest absolute Gasteiger partial charge is 0.272 e. The van der Waals surface area contributed by atoms with Crippen LogP contribution in [0.4, 0.5) is 0 Å². The number of pyridine rings is 2. The topological polar surface area (TPSA) is 69.6 Å². The number of nitrogens with zero attached hydrogens (tertiary/aromatic N) is 5. The Morgan fingerprint density at radius 3 is 2.41 bits per heavy atom. The predicted molar refractivity (Wildman–Crippen MR) is 103 cm³/mol. The zero-order valence-corrected chi connectivity index (χ0v) is 15.8. The zero-order valence-electron chi connectivity index (χ0n) is 15.8. The minimum atomic E-state index is -0.183. The van der Waals surface area contributed by atoms with E-state index in [-0.39, 0.29) is 11.8 Å². The lowest BCUT2D eigenvalue weighted by Gasteiger charge is -2.32. The molecule has 3 heterocycles. The van der Waals surface area contributed by atoms with E-state index in [4.69, 9.17) is 0 Å². The lowest BCUT2D eigenvalue weighted by atomic mass is 10.2. The van der Waals surface area contributed by atoms with Crippen LogP contribution in [0.5, 0.6) is 0 Å². The Labute approximate surface area is 159 Å². The van der Waals surface area contributed by atoms with Crippen molar-refractivity contribution in [2.75, 3.05) is 46.8 Å². The standard InChI is InChI=1S/C20H25N5O2/c1-23-12-14-25(15-13-23)20(27)18-5-3-4-17(22-18)19(26)24(2)11-8-16-6-9-21-10-7-16/h3-7,9-10H,8,11-15H2,1-2H3. The van der Waals surface area contributed by atoms with Gasteiger partial charge < -0.3 is 14.7 Å². The third-order valence-electron chi connectivity index (χ3n) is 4.81. The van der Waals surface area contributed by atoms with Crippen LogP contribution in [0.2, 0.25) is 0 Å². The number of hydrogen-bond acceptors (Lipinski definition) is 5. The highest BCUT2D eigenvalue weighted by Gasteiger charge is 2.22. The monoisotopic (exact) mass is 367 g/mol. The molecule has 0 aliphatic carbocycles. The fourth-order valence-electron chi connectivity index (χ4n) is 2.99. The Morgan fingerprint density at radius 1 is 1.04 bits per heavy atom. The van der Waals surface area contributed by atoms with Gasteiger partial charge in [-0.25, -0.2) is 4.98 Å². The van der Waals surface area contributed by atoms with E-state index in [2.05, 4.69) is 14.9 Å². The summed E-state index contributed by atoms with van der Waals surface area (Å²) in [6, 6.07) is 8.93. The molecule has 142 valence electrons. The van der Waals surface area contributed by atoms with Crippen molar-refractivity contribution in [3.05, 3.63) is 59.7 Å². The van der Waals surface area contributed by atoms with Crippen LogP contribution in [-0.2, 0) is 6.42 Å². The molecule has 2 aromatic rings. The normalized spacial score (nSPS) is 14.8. The summed E-state index contributed by atoms with van der Waals surface area (Å²) in [5, 5.41) is 0. The molecule has 0 atom stereocenters. The van der Waals surface area contributed by atoms with Gasteiger partial charge in [0.25, 0.3) is 11.8 Å². The molecule has 0 saturated carbocycles. The summed E-state index contributed by atoms with van der Waals surface area (Å²) in [4.78, 5) is 39.3. The minimum absolute atomic E-state index is 0.114. The number of likely N-dealkylation sites (N-methyl/N-ethyl adjacent to an activating group) is 2. The molecule has 0 spiro atoms. The van der Waals surface area contributed by atoms with Gasteiger partial charge in [-0.05, 0) is 43.3 Å². The van der Waals surface area contributed by atoms with Crippen LogP contribution in [0.1, 0.15) is 26.5 Å². The number of carbonyl (C=O) groups is 2. The molecule has 0 aromatic carbocycles. The fraction of sp³-hybridized carbons (Fsp3) is 0.400. The maximum atomic E-state index is 12.7. The fourth-order valence-corrected chi connectivity index (χ4v) is 2.99. The first-order chi connectivity index (χ1) is 13.0. The molecule has 2 amide bonds. The van der Waals surface area contributed by atoms with Gasteiger partial charge in [-0.3, -0.25) is 14.6 Å². The van der Waals surface area contributed by atoms with Crippen LogP contribution < -0.4 is 0 Å². The van der Waals surface area contributed by atoms with Crippen molar-refractivity contribution in [1.82, 2.24) is 24.7 Å². The van der Waals surface area contributed by atoms with Gasteiger partial charge in [0.15, 0.2) is 0 Å². The van der Waals surface area contributed by atoms with Crippen LogP contribution in [0.3, 0.4) is 0 Å². The van der Waals surface area contributed by atoms with Crippen LogP contribution >= 0.6 is 0 Å². The third-order valence-corrected chi connectivity index (χ3v) is 4.81. The summed E-state index contributed by atoms with van der Waals surface area (Å²) in [6.45, 7) is 3.63. The van der Waals surface area contributed by atoms with Gasteiger partial charge in [0.2, 0.25) is 0 Å². The van der Waals surface area contributed by atoms with E-state index in [9.17, 15) is 9.59 Å². The Morgan fingerprint density at radius 2 is 1.70 bits per heavy atom. The van der Waals surface area contributed by atoms with E-state index < -0.39 is 0 Å². The molecule has 3 rings (SSSR count). The number of aromatic nitrogens is 2. The molecule has 0 radical (unpaired) electrons. The average Bonchev–Trinajstić information content (AvgIpc) is 2.72. The molecule has 0 unspecified atom stereocenters. The highest BCUT2D eigenvalue weighted by atomic mass is 16.2. The van der Waals surface area contributed by atoms with Crippen LogP contribution in [0.15, 0.2) is 42.7 Å². The van der Waals surface area contributed by atoms with Crippen molar-refractivity contribution >= 4 is 11.8 Å². The van der Waals surface area contributed by atoms with Crippen molar-refractivity contribution in [2.24, 2.45) is 0 Å². The number of carbonyl (C=O) groups excluding carboxylic acids is 2. The molecule has 0 N–H and O–H groups in total. The molecule has 1 fully saturated rings. The van der Waals surface area contributed by atoms with E-state index in [1.807, 2.05) is 19.2 Å². The summed E-state index contributed by atoms with van der Waals surface area (Å²) in [5.41, 5.74) is 1.75. The zero-order chi connectivity index (χ0) is 19.2. The SMILES string of the molecule is CN1CCN(C(=O)c2cccc(C(=O)N(C)CCc3ccncc3)n2)CC1. The van der Waals surface area contributed by atoms with Crippen molar-refractivity contribution in [3.63, 3.8) is 0 Å². The lowest BCUT2D eigenvalue weighted by molar-refractivity contribution is 0.0658. The van der Waals surface area contributed by atoms with Gasteiger partial charge in [-0.1, -0.05) is 6.07 Å². The summed E-state index contributed by atoms with van der Waals surface area (Å²) in [5.74, 6) is -0.297. The first-order valence-corrected chi connectivity index (χ1v) is 9.14. The average molecular weight is 367 g/mol. The van der Waals surface area contributed by atoms with E-state index in [0.717, 1.165) is 25.1 Å². The van der Waals surface area contributed by atoms with Crippen molar-refractivity contribution in [2.45, 2.75) is 6.42 Å². The van der Waals surface area contributed by atoms with Crippen molar-refractivity contribution in [1.29, 1.82) is 0 Å². The van der Waals surface area contributed by atoms with E-state index >= 15 is 0 Å². The van der Waals surface area contributed by atoms with E-state index in [0.29, 0.717) is 31.0 Å². The Balaban J connectivity index is 1.63. The number of hydrogen-bond donors (Lipinski definition) is 0. The van der Waals surface area contributed by atoms with Crippen molar-refractivity contribution in [3.8, 4) is 0 Å². The second kappa shape index (κ2) is 8.73. The van der Waals surface area contributed by atoms with Crippen LogP contribution in [-0.4, -0.2) is 83.3 Å². The summed E-state index contributed by atoms with van der Waals surface area (Å²) in [6.07, 6.45) is 4.23. The molecule has 7 heteroatoms. The van der Waals surface area contributed by atoms with Crippen LogP contribution in [0.25, 0.3) is 0 Å². The molecule has 7 nitrogen and oxygen atoms in total. The third kappa shape index (κ3) is 4.89. The maximum Gasteiger partial charge on any atom is 0.272 e. The molecular formula is C20H25N5O2. The summed E-state index contributed by atoms with van der Waals surface area (Å²) < 4.78 is 0. The molecular weight excluding hydrogens is 342 g/mol. The van der Waals surface area contributed by atoms with Gasteiger partial charge in [-0.2, -0.15) is 0 Å². The van der Waals surface area contributed by atoms with Gasteiger partial charge in [0, 0.05) is 52.2 Å². The Hall–Kier alpha value is -2.80. The molecule has 1 saturated heterocycles. The maximum absolute atomic E-state index is 12.7. The highest BCUT2D eigenvalue weighted by molar-refractivity contribution is 5.96. The highest BCUT2D eigenvalue weighted by Crippen LogP contribution is 2.09. The van der Waals surface area contributed by atoms with Gasteiger partial charge in [-0.15, -0.1) is 0 Å². The molecule has 1 aliphatic heterocycles. The second-order valence-corrected chi connectivity index (χ2v) is 6.84. The molecule has 1 aliphatic rings. The second-order valence-electron chi connectivity index (χ2n) is 6.84. The van der Waals surface area contributed by atoms with Gasteiger partial charge >= 0.3 is 0 Å². The summed E-state index contributed by atoms with van der Waals surface area (Å²) >= 11 is 0. The molecule has 2 aromatic heterocycles. The Kier molecular flexibility index (Phi) is 6.13. The largest absolute Gasteiger partial charge is 0.340 e. The number of rotatable bonds is 5. The first kappa shape index (κ1) is 19.0. The quantitative estimate of drug-likeness (QED) is 0.794. The van der Waals surface area contributed by atoms with Gasteiger partial charge in [0.05, 0.1) is 0 Å². The predicted octanol–water partition coefficient (Wildman–Crippen LogP) is 1.18. The van der Waals surface area contributed by atoms with Crippen LogP contribution in [0, 0.1) is 0 Å². The summed E-state index contributed by atoms with van der Waals surface area (Å²) in [7, 11) is 3.79. The molecule has 0 bridgehead atoms. The number of piperazine rings is 1. The Bertz CT molecular complexity index is 788. The van der Waals surface area contributed by atoms with Gasteiger partial charge in [0.1, 0.15) is 11.4 Å². The van der Waals surface area contributed by atoms with E-state index in [1.54, 1.807) is 47.4 Å². The van der Waals surface area contributed by atoms with Crippen molar-refractivity contribution < 1.29 is 9.59 Å². The molecule has 27 heavy (non-hydrogen) atoms. The minimum Gasteiger partial charge on any atom is -0.340 e. The van der Waals surface area contributed by atoms with E-state index in [1.165, 1.54) is 0 Å². The number of amides is 2.